The Morgan fingerprint density at radius 1 is 1.17 bits per heavy atom. The van der Waals surface area contributed by atoms with E-state index in [2.05, 4.69) is 15.3 Å². The molecule has 0 fully saturated rings. The monoisotopic (exact) mass is 345 g/mol. The van der Waals surface area contributed by atoms with Gasteiger partial charge in [0.05, 0.1) is 11.3 Å². The minimum Gasteiger partial charge on any atom is -0.319 e. The van der Waals surface area contributed by atoms with Crippen LogP contribution in [0.15, 0.2) is 41.7 Å². The Hall–Kier alpha value is -2.49. The van der Waals surface area contributed by atoms with Crippen molar-refractivity contribution in [1.29, 1.82) is 0 Å². The second-order valence-corrected chi connectivity index (χ2v) is 6.44. The first kappa shape index (κ1) is 16.9. The van der Waals surface area contributed by atoms with Crippen molar-refractivity contribution in [3.05, 3.63) is 47.9 Å². The van der Waals surface area contributed by atoms with Crippen LogP contribution in [0.1, 0.15) is 16.1 Å². The molecule has 0 atom stereocenters. The van der Waals surface area contributed by atoms with Gasteiger partial charge in [-0.1, -0.05) is 0 Å². The fourth-order valence-corrected chi connectivity index (χ4v) is 2.44. The minimum absolute atomic E-state index is 0.0695. The van der Waals surface area contributed by atoms with Crippen molar-refractivity contribution in [2.24, 2.45) is 0 Å². The summed E-state index contributed by atoms with van der Waals surface area (Å²) < 4.78 is 60.4. The maximum Gasteiger partial charge on any atom is 0.433 e. The highest BCUT2D eigenvalue weighted by Crippen LogP contribution is 2.27. The van der Waals surface area contributed by atoms with Gasteiger partial charge >= 0.3 is 6.18 Å². The van der Waals surface area contributed by atoms with Gasteiger partial charge in [0, 0.05) is 18.6 Å². The molecule has 0 bridgehead atoms. The highest BCUT2D eigenvalue weighted by atomic mass is 32.2. The zero-order chi connectivity index (χ0) is 17.3. The third-order valence-electron chi connectivity index (χ3n) is 2.69. The van der Waals surface area contributed by atoms with Crippen LogP contribution in [0.5, 0.6) is 0 Å². The molecule has 6 nitrogen and oxygen atoms in total. The van der Waals surface area contributed by atoms with E-state index >= 15 is 0 Å². The molecule has 2 heterocycles. The van der Waals surface area contributed by atoms with Crippen LogP contribution in [-0.4, -0.2) is 30.5 Å². The second-order valence-electron chi connectivity index (χ2n) is 4.51. The van der Waals surface area contributed by atoms with Gasteiger partial charge in [-0.25, -0.2) is 13.4 Å². The number of anilines is 1. The zero-order valence-electron chi connectivity index (χ0n) is 11.6. The van der Waals surface area contributed by atoms with Crippen LogP contribution in [0.2, 0.25) is 0 Å². The third kappa shape index (κ3) is 4.03. The van der Waals surface area contributed by atoms with Gasteiger partial charge in [0.1, 0.15) is 5.69 Å². The number of alkyl halides is 3. The summed E-state index contributed by atoms with van der Waals surface area (Å²) in [4.78, 5) is 18.8. The van der Waals surface area contributed by atoms with E-state index in [1.54, 1.807) is 0 Å². The first-order chi connectivity index (χ1) is 10.6. The molecule has 2 aromatic rings. The summed E-state index contributed by atoms with van der Waals surface area (Å²) >= 11 is 0. The molecule has 10 heteroatoms. The summed E-state index contributed by atoms with van der Waals surface area (Å²) in [6, 6.07) is 4.34. The fourth-order valence-electron chi connectivity index (χ4n) is 1.67. The van der Waals surface area contributed by atoms with Crippen LogP contribution in [0, 0.1) is 0 Å². The van der Waals surface area contributed by atoms with Crippen molar-refractivity contribution in [3.63, 3.8) is 0 Å². The van der Waals surface area contributed by atoms with Crippen LogP contribution in [0.4, 0.5) is 18.9 Å². The number of hydrogen-bond acceptors (Lipinski definition) is 5. The van der Waals surface area contributed by atoms with Crippen LogP contribution in [0.25, 0.3) is 0 Å². The molecule has 23 heavy (non-hydrogen) atoms. The summed E-state index contributed by atoms with van der Waals surface area (Å²) in [5.74, 6) is -0.802. The van der Waals surface area contributed by atoms with Crippen LogP contribution >= 0.6 is 0 Å². The van der Waals surface area contributed by atoms with Crippen molar-refractivity contribution in [3.8, 4) is 0 Å². The van der Waals surface area contributed by atoms with Gasteiger partial charge in [0.15, 0.2) is 14.9 Å². The summed E-state index contributed by atoms with van der Waals surface area (Å²) in [7, 11) is -3.68. The van der Waals surface area contributed by atoms with Crippen molar-refractivity contribution < 1.29 is 26.4 Å². The summed E-state index contributed by atoms with van der Waals surface area (Å²) in [5.41, 5.74) is -1.35. The molecule has 0 aliphatic carbocycles. The molecule has 0 saturated carbocycles. The molecule has 2 rings (SSSR count). The Bertz CT molecular complexity index is 834. The Morgan fingerprint density at radius 2 is 1.87 bits per heavy atom. The molecule has 2 aromatic heterocycles. The Balaban J connectivity index is 2.27. The molecule has 1 amide bonds. The standard InChI is InChI=1S/C13H10F3N3O3S/c1-23(21,22)12-9(3-2-6-17-12)19-11(20)8-4-5-10(18-7-8)13(14,15)16/h2-7H,1H3,(H,19,20). The Labute approximate surface area is 129 Å². The third-order valence-corrected chi connectivity index (χ3v) is 3.71. The van der Waals surface area contributed by atoms with E-state index in [9.17, 15) is 26.4 Å². The maximum absolute atomic E-state index is 12.4. The highest BCUT2D eigenvalue weighted by molar-refractivity contribution is 7.90. The average Bonchev–Trinajstić information content (AvgIpc) is 2.46. The van der Waals surface area contributed by atoms with Crippen LogP contribution < -0.4 is 5.32 Å². The number of nitrogens with one attached hydrogen (secondary N) is 1. The number of amides is 1. The highest BCUT2D eigenvalue weighted by Gasteiger charge is 2.32. The molecular formula is C13H10F3N3O3S. The largest absolute Gasteiger partial charge is 0.433 e. The van der Waals surface area contributed by atoms with Crippen LogP contribution in [0.3, 0.4) is 0 Å². The first-order valence-corrected chi connectivity index (χ1v) is 7.98. The van der Waals surface area contributed by atoms with E-state index in [-0.39, 0.29) is 16.3 Å². The Morgan fingerprint density at radius 3 is 2.39 bits per heavy atom. The molecule has 122 valence electrons. The van der Waals surface area contributed by atoms with E-state index < -0.39 is 27.6 Å². The quantitative estimate of drug-likeness (QED) is 0.921. The van der Waals surface area contributed by atoms with Gasteiger partial charge < -0.3 is 5.32 Å². The van der Waals surface area contributed by atoms with Gasteiger partial charge in [-0.15, -0.1) is 0 Å². The smallest absolute Gasteiger partial charge is 0.319 e. The number of sulfone groups is 1. The van der Waals surface area contributed by atoms with Gasteiger partial charge in [-0.05, 0) is 24.3 Å². The van der Waals surface area contributed by atoms with E-state index in [0.29, 0.717) is 6.07 Å². The number of carbonyl (C=O) groups excluding carboxylic acids is 1. The number of aromatic nitrogens is 2. The maximum atomic E-state index is 12.4. The predicted molar refractivity (Wildman–Crippen MR) is 74.5 cm³/mol. The van der Waals surface area contributed by atoms with Crippen molar-refractivity contribution in [2.75, 3.05) is 11.6 Å². The molecule has 0 spiro atoms. The lowest BCUT2D eigenvalue weighted by Gasteiger charge is -2.09. The summed E-state index contributed by atoms with van der Waals surface area (Å²) in [5, 5.41) is 1.95. The minimum atomic E-state index is -4.61. The number of rotatable bonds is 3. The van der Waals surface area contributed by atoms with Gasteiger partial charge in [0.25, 0.3) is 5.91 Å². The number of nitrogens with zero attached hydrogens (tertiary/aromatic N) is 2. The van der Waals surface area contributed by atoms with Crippen molar-refractivity contribution in [1.82, 2.24) is 9.97 Å². The first-order valence-electron chi connectivity index (χ1n) is 6.09. The van der Waals surface area contributed by atoms with E-state index in [1.165, 1.54) is 18.3 Å². The molecule has 0 radical (unpaired) electrons. The van der Waals surface area contributed by atoms with Crippen LogP contribution in [-0.2, 0) is 16.0 Å². The normalized spacial score (nSPS) is 12.0. The lowest BCUT2D eigenvalue weighted by Crippen LogP contribution is -2.16. The van der Waals surface area contributed by atoms with Gasteiger partial charge in [-0.3, -0.25) is 9.78 Å². The second kappa shape index (κ2) is 5.95. The molecular weight excluding hydrogens is 335 g/mol. The van der Waals surface area contributed by atoms with E-state index in [0.717, 1.165) is 18.5 Å². The van der Waals surface area contributed by atoms with E-state index in [1.807, 2.05) is 0 Å². The topological polar surface area (TPSA) is 89.0 Å². The zero-order valence-corrected chi connectivity index (χ0v) is 12.4. The lowest BCUT2D eigenvalue weighted by molar-refractivity contribution is -0.141. The molecule has 0 saturated heterocycles. The number of pyridine rings is 2. The molecule has 0 aliphatic rings. The predicted octanol–water partition coefficient (Wildman–Crippen LogP) is 2.15. The number of halogens is 3. The molecule has 0 unspecified atom stereocenters. The molecule has 0 aliphatic heterocycles. The SMILES string of the molecule is CS(=O)(=O)c1ncccc1NC(=O)c1ccc(C(F)(F)F)nc1. The average molecular weight is 345 g/mol. The Kier molecular flexibility index (Phi) is 4.37. The summed E-state index contributed by atoms with van der Waals surface area (Å²) in [6.45, 7) is 0. The fraction of sp³-hybridized carbons (Fsp3) is 0.154. The lowest BCUT2D eigenvalue weighted by atomic mass is 10.2. The number of carbonyl (C=O) groups is 1. The van der Waals surface area contributed by atoms with Gasteiger partial charge in [-0.2, -0.15) is 13.2 Å². The summed E-state index contributed by atoms with van der Waals surface area (Å²) in [6.07, 6.45) is -1.69. The number of hydrogen-bond donors (Lipinski definition) is 1. The van der Waals surface area contributed by atoms with Gasteiger partial charge in [0.2, 0.25) is 0 Å². The van der Waals surface area contributed by atoms with E-state index in [4.69, 9.17) is 0 Å². The van der Waals surface area contributed by atoms with Crippen molar-refractivity contribution in [2.45, 2.75) is 11.2 Å². The van der Waals surface area contributed by atoms with Crippen molar-refractivity contribution >= 4 is 21.4 Å². The molecule has 1 N–H and O–H groups in total. The molecule has 0 aromatic carbocycles.